The minimum atomic E-state index is -1.07. The molecule has 1 N–H and O–H groups in total. The van der Waals surface area contributed by atoms with E-state index in [1.807, 2.05) is 22.6 Å². The molecule has 5 nitrogen and oxygen atoms in total. The molecule has 0 saturated carbocycles. The molecule has 1 unspecified atom stereocenters. The third-order valence-electron chi connectivity index (χ3n) is 2.03. The van der Waals surface area contributed by atoms with E-state index in [1.165, 1.54) is 20.1 Å². The quantitative estimate of drug-likeness (QED) is 0.649. The van der Waals surface area contributed by atoms with Crippen LogP contribution in [0.2, 0.25) is 0 Å². The van der Waals surface area contributed by atoms with Gasteiger partial charge in [0, 0.05) is 5.56 Å². The van der Waals surface area contributed by atoms with E-state index in [2.05, 4.69) is 0 Å². The third kappa shape index (κ3) is 3.32. The zero-order chi connectivity index (χ0) is 13.0. The fourth-order valence-electron chi connectivity index (χ4n) is 1.15. The molecule has 92 valence electrons. The van der Waals surface area contributed by atoms with Gasteiger partial charge in [0.05, 0.1) is 10.7 Å². The van der Waals surface area contributed by atoms with Gasteiger partial charge in [-0.25, -0.2) is 4.79 Å². The number of aliphatic carboxylic acids is 1. The predicted molar refractivity (Wildman–Crippen MR) is 68.8 cm³/mol. The smallest absolute Gasteiger partial charge is 0.344 e. The topological polar surface area (TPSA) is 72.8 Å². The number of carboxylic acids is 1. The van der Waals surface area contributed by atoms with Gasteiger partial charge in [0.1, 0.15) is 6.29 Å². The lowest BCUT2D eigenvalue weighted by Crippen LogP contribution is -2.23. The Morgan fingerprint density at radius 1 is 1.53 bits per heavy atom. The number of hydrogen-bond acceptors (Lipinski definition) is 4. The molecule has 0 aliphatic heterocycles. The maximum absolute atomic E-state index is 10.7. The van der Waals surface area contributed by atoms with Gasteiger partial charge < -0.3 is 14.6 Å². The Morgan fingerprint density at radius 3 is 2.65 bits per heavy atom. The van der Waals surface area contributed by atoms with Gasteiger partial charge in [0.15, 0.2) is 17.6 Å². The Kier molecular flexibility index (Phi) is 4.73. The summed E-state index contributed by atoms with van der Waals surface area (Å²) in [5.74, 6) is -0.400. The Labute approximate surface area is 112 Å². The molecule has 6 heteroatoms. The van der Waals surface area contributed by atoms with Crippen LogP contribution in [0.5, 0.6) is 11.5 Å². The first-order chi connectivity index (χ1) is 7.99. The van der Waals surface area contributed by atoms with Crippen LogP contribution in [-0.2, 0) is 4.79 Å². The summed E-state index contributed by atoms with van der Waals surface area (Å²) in [7, 11) is 1.43. The number of aldehydes is 1. The van der Waals surface area contributed by atoms with E-state index >= 15 is 0 Å². The lowest BCUT2D eigenvalue weighted by Gasteiger charge is -2.15. The van der Waals surface area contributed by atoms with E-state index in [-0.39, 0.29) is 0 Å². The number of benzene rings is 1. The number of hydrogen-bond donors (Lipinski definition) is 1. The Balaban J connectivity index is 3.13. The molecule has 0 radical (unpaired) electrons. The molecule has 0 aromatic heterocycles. The predicted octanol–water partition coefficient (Wildman–Crippen LogP) is 1.96. The van der Waals surface area contributed by atoms with Crippen molar-refractivity contribution in [3.63, 3.8) is 0 Å². The standard InChI is InChI=1S/C11H11IO5/c1-6(11(14)15)17-10-8(12)3-7(5-13)4-9(10)16-2/h3-6H,1-2H3,(H,14,15). The van der Waals surface area contributed by atoms with Crippen molar-refractivity contribution in [1.29, 1.82) is 0 Å². The zero-order valence-electron chi connectivity index (χ0n) is 9.27. The minimum absolute atomic E-state index is 0.327. The Hall–Kier alpha value is -1.31. The third-order valence-corrected chi connectivity index (χ3v) is 2.83. The van der Waals surface area contributed by atoms with E-state index in [0.29, 0.717) is 26.9 Å². The molecule has 0 spiro atoms. The van der Waals surface area contributed by atoms with Gasteiger partial charge in [-0.3, -0.25) is 4.79 Å². The lowest BCUT2D eigenvalue weighted by molar-refractivity contribution is -0.144. The fraction of sp³-hybridized carbons (Fsp3) is 0.273. The van der Waals surface area contributed by atoms with Crippen LogP contribution >= 0.6 is 22.6 Å². The molecule has 1 aromatic rings. The maximum Gasteiger partial charge on any atom is 0.344 e. The summed E-state index contributed by atoms with van der Waals surface area (Å²) in [5.41, 5.74) is 0.446. The molecule has 0 aliphatic rings. The van der Waals surface area contributed by atoms with Crippen molar-refractivity contribution in [2.75, 3.05) is 7.11 Å². The van der Waals surface area contributed by atoms with E-state index in [0.717, 1.165) is 0 Å². The van der Waals surface area contributed by atoms with Crippen LogP contribution in [0.1, 0.15) is 17.3 Å². The van der Waals surface area contributed by atoms with Gasteiger partial charge in [-0.2, -0.15) is 0 Å². The molecule has 17 heavy (non-hydrogen) atoms. The SMILES string of the molecule is COc1cc(C=O)cc(I)c1OC(C)C(=O)O. The van der Waals surface area contributed by atoms with Gasteiger partial charge >= 0.3 is 5.97 Å². The minimum Gasteiger partial charge on any atom is -0.493 e. The van der Waals surface area contributed by atoms with Crippen molar-refractivity contribution >= 4 is 34.8 Å². The Morgan fingerprint density at radius 2 is 2.18 bits per heavy atom. The number of carbonyl (C=O) groups is 2. The summed E-state index contributed by atoms with van der Waals surface area (Å²) in [6.45, 7) is 1.42. The van der Waals surface area contributed by atoms with E-state index in [9.17, 15) is 9.59 Å². The fourth-order valence-corrected chi connectivity index (χ4v) is 1.90. The number of carbonyl (C=O) groups excluding carboxylic acids is 1. The van der Waals surface area contributed by atoms with E-state index in [4.69, 9.17) is 14.6 Å². The highest BCUT2D eigenvalue weighted by Crippen LogP contribution is 2.34. The number of carboxylic acid groups (broad SMARTS) is 1. The normalized spacial score (nSPS) is 11.7. The van der Waals surface area contributed by atoms with Gasteiger partial charge in [0.2, 0.25) is 0 Å². The molecule has 0 fully saturated rings. The number of ether oxygens (including phenoxy) is 2. The number of methoxy groups -OCH3 is 1. The van der Waals surface area contributed by atoms with Crippen LogP contribution in [0.25, 0.3) is 0 Å². The van der Waals surface area contributed by atoms with E-state index in [1.54, 1.807) is 6.07 Å². The molecular weight excluding hydrogens is 339 g/mol. The molecule has 0 aliphatic carbocycles. The zero-order valence-corrected chi connectivity index (χ0v) is 11.4. The van der Waals surface area contributed by atoms with E-state index < -0.39 is 12.1 Å². The molecule has 1 rings (SSSR count). The van der Waals surface area contributed by atoms with Crippen LogP contribution in [-0.4, -0.2) is 30.6 Å². The summed E-state index contributed by atoms with van der Waals surface area (Å²) < 4.78 is 11.0. The largest absolute Gasteiger partial charge is 0.493 e. The monoisotopic (exact) mass is 350 g/mol. The first-order valence-electron chi connectivity index (χ1n) is 4.71. The molecule has 1 atom stereocenters. The van der Waals surface area contributed by atoms with Crippen molar-refractivity contribution in [3.05, 3.63) is 21.3 Å². The highest BCUT2D eigenvalue weighted by Gasteiger charge is 2.18. The van der Waals surface area contributed by atoms with Crippen LogP contribution in [0, 0.1) is 3.57 Å². The first kappa shape index (κ1) is 13.8. The van der Waals surface area contributed by atoms with Crippen LogP contribution < -0.4 is 9.47 Å². The molecule has 1 aromatic carbocycles. The molecule has 0 saturated heterocycles. The van der Waals surface area contributed by atoms with Crippen molar-refractivity contribution in [2.24, 2.45) is 0 Å². The van der Waals surface area contributed by atoms with Crippen LogP contribution in [0.3, 0.4) is 0 Å². The van der Waals surface area contributed by atoms with Crippen LogP contribution in [0.15, 0.2) is 12.1 Å². The van der Waals surface area contributed by atoms with Crippen molar-refractivity contribution in [2.45, 2.75) is 13.0 Å². The van der Waals surface area contributed by atoms with Crippen molar-refractivity contribution < 1.29 is 24.2 Å². The average molecular weight is 350 g/mol. The molecular formula is C11H11IO5. The number of halogens is 1. The van der Waals surface area contributed by atoms with Crippen molar-refractivity contribution in [1.82, 2.24) is 0 Å². The second-order valence-corrected chi connectivity index (χ2v) is 4.41. The highest BCUT2D eigenvalue weighted by molar-refractivity contribution is 14.1. The summed E-state index contributed by atoms with van der Waals surface area (Å²) in [5, 5.41) is 8.77. The Bertz CT molecular complexity index is 444. The first-order valence-corrected chi connectivity index (χ1v) is 5.79. The van der Waals surface area contributed by atoms with Gasteiger partial charge in [-0.05, 0) is 41.6 Å². The van der Waals surface area contributed by atoms with Gasteiger partial charge in [0.25, 0.3) is 0 Å². The summed E-state index contributed by atoms with van der Waals surface area (Å²) in [6.07, 6.45) is -0.297. The molecule has 0 bridgehead atoms. The second kappa shape index (κ2) is 5.85. The maximum atomic E-state index is 10.7. The van der Waals surface area contributed by atoms with Crippen LogP contribution in [0.4, 0.5) is 0 Å². The molecule has 0 heterocycles. The summed E-state index contributed by atoms with van der Waals surface area (Å²) >= 11 is 1.96. The summed E-state index contributed by atoms with van der Waals surface area (Å²) in [6, 6.07) is 3.10. The van der Waals surface area contributed by atoms with Crippen molar-refractivity contribution in [3.8, 4) is 11.5 Å². The average Bonchev–Trinajstić information content (AvgIpc) is 2.30. The summed E-state index contributed by atoms with van der Waals surface area (Å²) in [4.78, 5) is 21.4. The second-order valence-electron chi connectivity index (χ2n) is 3.25. The number of rotatable bonds is 5. The van der Waals surface area contributed by atoms with Gasteiger partial charge in [-0.1, -0.05) is 0 Å². The van der Waals surface area contributed by atoms with Gasteiger partial charge in [-0.15, -0.1) is 0 Å². The molecule has 0 amide bonds. The lowest BCUT2D eigenvalue weighted by atomic mass is 10.2. The highest BCUT2D eigenvalue weighted by atomic mass is 127.